The first-order valence-corrected chi connectivity index (χ1v) is 8.81. The Morgan fingerprint density at radius 1 is 1.23 bits per heavy atom. The van der Waals surface area contributed by atoms with Gasteiger partial charge < -0.3 is 4.74 Å². The van der Waals surface area contributed by atoms with Crippen LogP contribution in [0.3, 0.4) is 0 Å². The first kappa shape index (κ1) is 18.9. The molecule has 1 aromatic rings. The molecule has 0 spiro atoms. The minimum atomic E-state index is -0.380. The second-order valence-electron chi connectivity index (χ2n) is 6.78. The number of hydrogen-bond acceptors (Lipinski definition) is 3. The highest BCUT2D eigenvalue weighted by Gasteiger charge is 2.32. The van der Waals surface area contributed by atoms with Crippen molar-refractivity contribution in [1.29, 1.82) is 0 Å². The minimum Gasteiger partial charge on any atom is -0.487 e. The Morgan fingerprint density at radius 3 is 2.32 bits per heavy atom. The van der Waals surface area contributed by atoms with E-state index < -0.39 is 0 Å². The van der Waals surface area contributed by atoms with E-state index in [9.17, 15) is 10.1 Å². The number of nitrogens with zero attached hydrogens (tertiary/aromatic N) is 1. The molecule has 124 valence electrons. The molecule has 0 saturated carbocycles. The van der Waals surface area contributed by atoms with Crippen LogP contribution in [0.1, 0.15) is 59.4 Å². The van der Waals surface area contributed by atoms with Crippen molar-refractivity contribution in [3.63, 3.8) is 0 Å². The molecule has 5 heteroatoms. The predicted octanol–water partition coefficient (Wildman–Crippen LogP) is 5.86. The number of hydrogen-bond donors (Lipinski definition) is 0. The number of rotatable bonds is 8. The molecule has 0 bridgehead atoms. The fourth-order valence-corrected chi connectivity index (χ4v) is 2.96. The Labute approximate surface area is 141 Å². The highest BCUT2D eigenvalue weighted by molar-refractivity contribution is 9.08. The number of alkyl halides is 1. The maximum Gasteiger partial charge on any atom is 0.270 e. The molecule has 0 aliphatic carbocycles. The van der Waals surface area contributed by atoms with Gasteiger partial charge in [-0.3, -0.25) is 10.1 Å². The van der Waals surface area contributed by atoms with Gasteiger partial charge in [-0.25, -0.2) is 0 Å². The van der Waals surface area contributed by atoms with Gasteiger partial charge in [0.25, 0.3) is 5.69 Å². The molecule has 1 atom stereocenters. The smallest absolute Gasteiger partial charge is 0.270 e. The van der Waals surface area contributed by atoms with Gasteiger partial charge in [-0.15, -0.1) is 0 Å². The van der Waals surface area contributed by atoms with Crippen molar-refractivity contribution in [3.8, 4) is 5.75 Å². The van der Waals surface area contributed by atoms with Crippen molar-refractivity contribution < 1.29 is 9.66 Å². The number of nitro benzene ring substituents is 1. The van der Waals surface area contributed by atoms with Gasteiger partial charge >= 0.3 is 0 Å². The lowest BCUT2D eigenvalue weighted by Crippen LogP contribution is -2.37. The molecule has 0 aromatic heterocycles. The van der Waals surface area contributed by atoms with Crippen LogP contribution < -0.4 is 4.74 Å². The molecule has 0 saturated heterocycles. The fraction of sp³-hybridized carbons (Fsp3) is 0.647. The van der Waals surface area contributed by atoms with Crippen molar-refractivity contribution in [2.45, 2.75) is 64.8 Å². The second-order valence-corrected chi connectivity index (χ2v) is 7.34. The molecule has 0 heterocycles. The van der Waals surface area contributed by atoms with Crippen LogP contribution in [0.2, 0.25) is 0 Å². The summed E-state index contributed by atoms with van der Waals surface area (Å²) in [7, 11) is 0. The number of ether oxygens (including phenoxy) is 1. The summed E-state index contributed by atoms with van der Waals surface area (Å²) >= 11 is 3.39. The first-order valence-electron chi connectivity index (χ1n) is 7.68. The van der Waals surface area contributed by atoms with E-state index >= 15 is 0 Å². The zero-order chi connectivity index (χ0) is 17.0. The third kappa shape index (κ3) is 4.97. The van der Waals surface area contributed by atoms with Crippen LogP contribution in [0, 0.1) is 15.5 Å². The lowest BCUT2D eigenvalue weighted by molar-refractivity contribution is -0.384. The molecular weight excluding hydrogens is 346 g/mol. The zero-order valence-electron chi connectivity index (χ0n) is 14.1. The molecular formula is C17H26BrNO3. The van der Waals surface area contributed by atoms with E-state index in [2.05, 4.69) is 50.5 Å². The quantitative estimate of drug-likeness (QED) is 0.326. The fourth-order valence-electron chi connectivity index (χ4n) is 2.52. The normalized spacial score (nSPS) is 14.5. The summed E-state index contributed by atoms with van der Waals surface area (Å²) in [5.74, 6) is 0.721. The Hall–Kier alpha value is -1.10. The summed E-state index contributed by atoms with van der Waals surface area (Å²) < 4.78 is 6.29. The molecule has 0 amide bonds. The van der Waals surface area contributed by atoms with Crippen molar-refractivity contribution >= 4 is 21.6 Å². The largest absolute Gasteiger partial charge is 0.487 e. The predicted molar refractivity (Wildman–Crippen MR) is 93.7 cm³/mol. The summed E-state index contributed by atoms with van der Waals surface area (Å²) in [6.45, 7) is 10.9. The summed E-state index contributed by atoms with van der Waals surface area (Å²) in [5, 5.41) is 11.4. The van der Waals surface area contributed by atoms with E-state index in [1.807, 2.05) is 0 Å². The molecule has 0 aliphatic rings. The molecule has 1 rings (SSSR count). The van der Waals surface area contributed by atoms with Gasteiger partial charge in [0.2, 0.25) is 0 Å². The van der Waals surface area contributed by atoms with Crippen molar-refractivity contribution in [3.05, 3.63) is 33.9 Å². The number of nitro groups is 1. The van der Waals surface area contributed by atoms with Gasteiger partial charge in [-0.2, -0.15) is 0 Å². The number of halogens is 1. The maximum absolute atomic E-state index is 10.9. The molecule has 0 fully saturated rings. The van der Waals surface area contributed by atoms with Crippen molar-refractivity contribution in [1.82, 2.24) is 0 Å². The Balaban J connectivity index is 3.07. The molecule has 4 nitrogen and oxygen atoms in total. The highest BCUT2D eigenvalue weighted by Crippen LogP contribution is 2.37. The van der Waals surface area contributed by atoms with E-state index in [1.165, 1.54) is 6.07 Å². The average Bonchev–Trinajstić information content (AvgIpc) is 2.46. The maximum atomic E-state index is 10.9. The topological polar surface area (TPSA) is 52.4 Å². The van der Waals surface area contributed by atoms with Gasteiger partial charge in [0, 0.05) is 23.0 Å². The van der Waals surface area contributed by atoms with Gasteiger partial charge in [-0.05, 0) is 31.2 Å². The van der Waals surface area contributed by atoms with E-state index in [0.29, 0.717) is 5.33 Å². The Morgan fingerprint density at radius 2 is 1.86 bits per heavy atom. The van der Waals surface area contributed by atoms with Crippen LogP contribution >= 0.6 is 15.9 Å². The summed E-state index contributed by atoms with van der Waals surface area (Å²) in [6, 6.07) is 4.79. The van der Waals surface area contributed by atoms with E-state index in [0.717, 1.165) is 30.6 Å². The van der Waals surface area contributed by atoms with Crippen LogP contribution in [0.5, 0.6) is 5.75 Å². The standard InChI is InChI=1S/C17H26BrNO3/c1-6-16(3,4)12-17(5,7-2)22-15-9-8-14(19(20)21)10-13(15)11-18/h8-10H,6-7,11-12H2,1-5H3. The van der Waals surface area contributed by atoms with Gasteiger partial charge in [0.1, 0.15) is 11.4 Å². The van der Waals surface area contributed by atoms with Crippen molar-refractivity contribution in [2.24, 2.45) is 5.41 Å². The van der Waals surface area contributed by atoms with Gasteiger partial charge in [0.05, 0.1) is 4.92 Å². The molecule has 1 aromatic carbocycles. The van der Waals surface area contributed by atoms with Crippen molar-refractivity contribution in [2.75, 3.05) is 0 Å². The summed E-state index contributed by atoms with van der Waals surface area (Å²) in [5.41, 5.74) is 0.809. The summed E-state index contributed by atoms with van der Waals surface area (Å²) in [6.07, 6.45) is 2.90. The SMILES string of the molecule is CCC(C)(C)CC(C)(CC)Oc1ccc([N+](=O)[O-])cc1CBr. The number of benzene rings is 1. The van der Waals surface area contributed by atoms with Crippen LogP contribution in [0.4, 0.5) is 5.69 Å². The number of non-ortho nitro benzene ring substituents is 1. The summed E-state index contributed by atoms with van der Waals surface area (Å²) in [4.78, 5) is 10.5. The second kappa shape index (κ2) is 7.44. The molecule has 0 N–H and O–H groups in total. The molecule has 22 heavy (non-hydrogen) atoms. The molecule has 1 unspecified atom stereocenters. The Bertz CT molecular complexity index is 531. The van der Waals surface area contributed by atoms with Crippen LogP contribution in [-0.2, 0) is 5.33 Å². The van der Waals surface area contributed by atoms with Crippen LogP contribution in [-0.4, -0.2) is 10.5 Å². The van der Waals surface area contributed by atoms with E-state index in [1.54, 1.807) is 12.1 Å². The highest BCUT2D eigenvalue weighted by atomic mass is 79.9. The van der Waals surface area contributed by atoms with E-state index in [4.69, 9.17) is 4.74 Å². The van der Waals surface area contributed by atoms with Gasteiger partial charge in [-0.1, -0.05) is 50.0 Å². The third-order valence-electron chi connectivity index (χ3n) is 4.31. The third-order valence-corrected chi connectivity index (χ3v) is 4.92. The zero-order valence-corrected chi connectivity index (χ0v) is 15.7. The Kier molecular flexibility index (Phi) is 6.41. The molecule has 0 aliphatic heterocycles. The average molecular weight is 372 g/mol. The van der Waals surface area contributed by atoms with Gasteiger partial charge in [0.15, 0.2) is 0 Å². The molecule has 0 radical (unpaired) electrons. The minimum absolute atomic E-state index is 0.0916. The van der Waals surface area contributed by atoms with Crippen LogP contribution in [0.25, 0.3) is 0 Å². The first-order chi connectivity index (χ1) is 10.2. The van der Waals surface area contributed by atoms with Crippen LogP contribution in [0.15, 0.2) is 18.2 Å². The van der Waals surface area contributed by atoms with E-state index in [-0.39, 0.29) is 21.6 Å². The monoisotopic (exact) mass is 371 g/mol. The lowest BCUT2D eigenvalue weighted by Gasteiger charge is -2.37. The lowest BCUT2D eigenvalue weighted by atomic mass is 9.78.